The molecule has 94 valence electrons. The summed E-state index contributed by atoms with van der Waals surface area (Å²) in [5.74, 6) is -0.306. The zero-order chi connectivity index (χ0) is 13.1. The summed E-state index contributed by atoms with van der Waals surface area (Å²) in [7, 11) is 0. The van der Waals surface area contributed by atoms with Crippen LogP contribution in [-0.2, 0) is 6.42 Å². The highest BCUT2D eigenvalue weighted by Crippen LogP contribution is 2.23. The highest BCUT2D eigenvalue weighted by Gasteiger charge is 2.13. The van der Waals surface area contributed by atoms with Gasteiger partial charge in [-0.2, -0.15) is 0 Å². The van der Waals surface area contributed by atoms with Gasteiger partial charge in [0, 0.05) is 11.2 Å². The van der Waals surface area contributed by atoms with E-state index in [9.17, 15) is 4.39 Å². The summed E-state index contributed by atoms with van der Waals surface area (Å²) in [6, 6.07) is 7.83. The van der Waals surface area contributed by atoms with E-state index in [0.717, 1.165) is 11.3 Å². The molecule has 0 amide bonds. The fourth-order valence-corrected chi connectivity index (χ4v) is 2.11. The van der Waals surface area contributed by atoms with Gasteiger partial charge in [0.2, 0.25) is 0 Å². The summed E-state index contributed by atoms with van der Waals surface area (Å²) in [5, 5.41) is 0.528. The van der Waals surface area contributed by atoms with Gasteiger partial charge < -0.3 is 5.73 Å². The van der Waals surface area contributed by atoms with Gasteiger partial charge in [0.1, 0.15) is 5.82 Å². The molecular weight excluding hydrogens is 251 g/mol. The molecule has 18 heavy (non-hydrogen) atoms. The first-order chi connectivity index (χ1) is 8.58. The Labute approximate surface area is 111 Å². The van der Waals surface area contributed by atoms with Gasteiger partial charge in [0.05, 0.1) is 11.7 Å². The molecule has 2 N–H and O–H groups in total. The Kier molecular flexibility index (Phi) is 3.94. The predicted molar refractivity (Wildman–Crippen MR) is 71.0 cm³/mol. The Balaban J connectivity index is 2.24. The van der Waals surface area contributed by atoms with E-state index in [1.165, 1.54) is 12.1 Å². The number of rotatable bonds is 3. The molecule has 2 aromatic rings. The van der Waals surface area contributed by atoms with Crippen molar-refractivity contribution in [3.05, 3.63) is 64.2 Å². The minimum Gasteiger partial charge on any atom is -0.322 e. The van der Waals surface area contributed by atoms with Gasteiger partial charge in [-0.15, -0.1) is 0 Å². The van der Waals surface area contributed by atoms with Gasteiger partial charge in [-0.05, 0) is 48.7 Å². The van der Waals surface area contributed by atoms with Crippen molar-refractivity contribution in [3.8, 4) is 0 Å². The number of hydrogen-bond donors (Lipinski definition) is 1. The van der Waals surface area contributed by atoms with E-state index in [1.807, 2.05) is 19.1 Å². The second-order valence-corrected chi connectivity index (χ2v) is 4.66. The highest BCUT2D eigenvalue weighted by atomic mass is 35.5. The normalized spacial score (nSPS) is 12.4. The molecule has 1 aromatic carbocycles. The molecule has 0 saturated heterocycles. The van der Waals surface area contributed by atoms with Crippen LogP contribution in [0.5, 0.6) is 0 Å². The molecule has 0 aliphatic rings. The monoisotopic (exact) mass is 264 g/mol. The lowest BCUT2D eigenvalue weighted by atomic mass is 10.0. The van der Waals surface area contributed by atoms with Crippen molar-refractivity contribution in [1.29, 1.82) is 0 Å². The fraction of sp³-hybridized carbons (Fsp3) is 0.214. The SMILES string of the molecule is Cc1cccnc1C(N)Cc1cc(F)ccc1Cl. The number of pyridine rings is 1. The average molecular weight is 265 g/mol. The maximum absolute atomic E-state index is 13.2. The first kappa shape index (κ1) is 13.0. The Morgan fingerprint density at radius 1 is 1.39 bits per heavy atom. The van der Waals surface area contributed by atoms with Crippen molar-refractivity contribution in [3.63, 3.8) is 0 Å². The van der Waals surface area contributed by atoms with Gasteiger partial charge in [-0.1, -0.05) is 17.7 Å². The van der Waals surface area contributed by atoms with Crippen LogP contribution in [-0.4, -0.2) is 4.98 Å². The minimum atomic E-state index is -0.306. The molecule has 1 heterocycles. The lowest BCUT2D eigenvalue weighted by Crippen LogP contribution is -2.16. The van der Waals surface area contributed by atoms with E-state index in [1.54, 1.807) is 12.3 Å². The van der Waals surface area contributed by atoms with Crippen LogP contribution in [0.15, 0.2) is 36.5 Å². The molecule has 1 atom stereocenters. The number of aryl methyl sites for hydroxylation is 1. The van der Waals surface area contributed by atoms with E-state index in [0.29, 0.717) is 17.0 Å². The van der Waals surface area contributed by atoms with Crippen molar-refractivity contribution in [1.82, 2.24) is 4.98 Å². The van der Waals surface area contributed by atoms with Crippen molar-refractivity contribution in [2.24, 2.45) is 5.73 Å². The molecule has 1 aromatic heterocycles. The maximum Gasteiger partial charge on any atom is 0.123 e. The molecule has 0 saturated carbocycles. The molecule has 0 radical (unpaired) electrons. The smallest absolute Gasteiger partial charge is 0.123 e. The van der Waals surface area contributed by atoms with Crippen molar-refractivity contribution >= 4 is 11.6 Å². The molecule has 4 heteroatoms. The summed E-state index contributed by atoms with van der Waals surface area (Å²) in [6.07, 6.45) is 2.17. The van der Waals surface area contributed by atoms with Crippen LogP contribution < -0.4 is 5.73 Å². The third kappa shape index (κ3) is 2.86. The molecule has 0 aliphatic heterocycles. The summed E-state index contributed by atoms with van der Waals surface area (Å²) in [4.78, 5) is 4.26. The van der Waals surface area contributed by atoms with Gasteiger partial charge in [-0.25, -0.2) is 4.39 Å². The second kappa shape index (κ2) is 5.46. The molecule has 1 unspecified atom stereocenters. The van der Waals surface area contributed by atoms with E-state index in [4.69, 9.17) is 17.3 Å². The Bertz CT molecular complexity index is 557. The van der Waals surface area contributed by atoms with E-state index >= 15 is 0 Å². The number of nitrogens with two attached hydrogens (primary N) is 1. The first-order valence-electron chi connectivity index (χ1n) is 5.69. The van der Waals surface area contributed by atoms with Crippen LogP contribution >= 0.6 is 11.6 Å². The predicted octanol–water partition coefficient (Wildman–Crippen LogP) is 3.43. The van der Waals surface area contributed by atoms with Crippen molar-refractivity contribution in [2.75, 3.05) is 0 Å². The molecule has 2 rings (SSSR count). The summed E-state index contributed by atoms with van der Waals surface area (Å²) < 4.78 is 13.2. The number of nitrogens with zero attached hydrogens (tertiary/aromatic N) is 1. The molecular formula is C14H14ClFN2. The van der Waals surface area contributed by atoms with Crippen LogP contribution in [0.4, 0.5) is 4.39 Å². The quantitative estimate of drug-likeness (QED) is 0.923. The van der Waals surface area contributed by atoms with Crippen molar-refractivity contribution < 1.29 is 4.39 Å². The van der Waals surface area contributed by atoms with Gasteiger partial charge in [0.15, 0.2) is 0 Å². The number of halogens is 2. The highest BCUT2D eigenvalue weighted by molar-refractivity contribution is 6.31. The third-order valence-corrected chi connectivity index (χ3v) is 3.22. The average Bonchev–Trinajstić information content (AvgIpc) is 2.34. The van der Waals surface area contributed by atoms with Crippen LogP contribution in [0, 0.1) is 12.7 Å². The number of aromatic nitrogens is 1. The number of benzene rings is 1. The Hall–Kier alpha value is -1.45. The molecule has 2 nitrogen and oxygen atoms in total. The molecule has 0 bridgehead atoms. The molecule has 0 spiro atoms. The zero-order valence-corrected chi connectivity index (χ0v) is 10.8. The van der Waals surface area contributed by atoms with Gasteiger partial charge in [-0.3, -0.25) is 4.98 Å². The van der Waals surface area contributed by atoms with Crippen LogP contribution in [0.1, 0.15) is 22.9 Å². The lowest BCUT2D eigenvalue weighted by molar-refractivity contribution is 0.620. The van der Waals surface area contributed by atoms with Gasteiger partial charge in [0.25, 0.3) is 0 Å². The first-order valence-corrected chi connectivity index (χ1v) is 6.06. The summed E-state index contributed by atoms with van der Waals surface area (Å²) in [6.45, 7) is 1.95. The standard InChI is InChI=1S/C14H14ClFN2/c1-9-3-2-6-18-14(9)13(17)8-10-7-11(16)4-5-12(10)15/h2-7,13H,8,17H2,1H3. The van der Waals surface area contributed by atoms with Crippen LogP contribution in [0.2, 0.25) is 5.02 Å². The Morgan fingerprint density at radius 2 is 2.17 bits per heavy atom. The molecule has 0 fully saturated rings. The van der Waals surface area contributed by atoms with Crippen LogP contribution in [0.25, 0.3) is 0 Å². The van der Waals surface area contributed by atoms with E-state index < -0.39 is 0 Å². The fourth-order valence-electron chi connectivity index (χ4n) is 1.92. The summed E-state index contributed by atoms with van der Waals surface area (Å²) in [5.41, 5.74) is 8.65. The van der Waals surface area contributed by atoms with Crippen LogP contribution in [0.3, 0.4) is 0 Å². The lowest BCUT2D eigenvalue weighted by Gasteiger charge is -2.14. The maximum atomic E-state index is 13.2. The minimum absolute atomic E-state index is 0.287. The Morgan fingerprint density at radius 3 is 2.89 bits per heavy atom. The van der Waals surface area contributed by atoms with Gasteiger partial charge >= 0.3 is 0 Å². The largest absolute Gasteiger partial charge is 0.322 e. The molecule has 0 aliphatic carbocycles. The van der Waals surface area contributed by atoms with E-state index in [-0.39, 0.29) is 11.9 Å². The number of hydrogen-bond acceptors (Lipinski definition) is 2. The topological polar surface area (TPSA) is 38.9 Å². The zero-order valence-electron chi connectivity index (χ0n) is 10.0. The van der Waals surface area contributed by atoms with Crippen molar-refractivity contribution in [2.45, 2.75) is 19.4 Å². The summed E-state index contributed by atoms with van der Waals surface area (Å²) >= 11 is 6.02. The third-order valence-electron chi connectivity index (χ3n) is 2.85. The van der Waals surface area contributed by atoms with E-state index in [2.05, 4.69) is 4.98 Å². The second-order valence-electron chi connectivity index (χ2n) is 4.25.